The Bertz CT molecular complexity index is 1370. The SMILES string of the molecule is CC(CO)NCc1ccc(NCc2cccc(-c3ccccc3)c2Br)cc1OCc1cncc(C#N)c1. The number of benzene rings is 3. The number of nitrogens with zero attached hydrogens (tertiary/aromatic N) is 2. The zero-order valence-corrected chi connectivity index (χ0v) is 22.2. The fraction of sp³-hybridized carbons (Fsp3) is 0.200. The Morgan fingerprint density at radius 2 is 1.84 bits per heavy atom. The number of hydrogen-bond acceptors (Lipinski definition) is 6. The van der Waals surface area contributed by atoms with Crippen LogP contribution in [0, 0.1) is 11.3 Å². The van der Waals surface area contributed by atoms with Crippen LogP contribution in [0.3, 0.4) is 0 Å². The van der Waals surface area contributed by atoms with E-state index in [4.69, 9.17) is 10.00 Å². The molecule has 0 spiro atoms. The molecule has 4 rings (SSSR count). The van der Waals surface area contributed by atoms with E-state index in [1.54, 1.807) is 12.3 Å². The number of nitriles is 1. The number of rotatable bonds is 11. The summed E-state index contributed by atoms with van der Waals surface area (Å²) in [5, 5.41) is 25.4. The lowest BCUT2D eigenvalue weighted by Crippen LogP contribution is -2.28. The van der Waals surface area contributed by atoms with Crippen LogP contribution in [0.15, 0.2) is 89.7 Å². The molecule has 0 radical (unpaired) electrons. The standard InChI is InChI=1S/C30H29BrN4O2/c1-21(19-36)34-17-25-10-11-27(13-29(25)37-20-23-12-22(14-32)15-33-16-23)35-18-26-8-5-9-28(30(26)31)24-6-3-2-4-7-24/h2-13,15-16,21,34-36H,17-20H2,1H3. The van der Waals surface area contributed by atoms with Gasteiger partial charge in [0.05, 0.1) is 12.2 Å². The topological polar surface area (TPSA) is 90.2 Å². The molecule has 3 N–H and O–H groups in total. The Morgan fingerprint density at radius 1 is 1.00 bits per heavy atom. The number of ether oxygens (including phenoxy) is 1. The minimum Gasteiger partial charge on any atom is -0.488 e. The lowest BCUT2D eigenvalue weighted by atomic mass is 10.0. The zero-order chi connectivity index (χ0) is 26.0. The van der Waals surface area contributed by atoms with Gasteiger partial charge in [0.25, 0.3) is 0 Å². The van der Waals surface area contributed by atoms with E-state index in [2.05, 4.69) is 67.9 Å². The van der Waals surface area contributed by atoms with Crippen LogP contribution in [-0.2, 0) is 19.7 Å². The predicted molar refractivity (Wildman–Crippen MR) is 150 cm³/mol. The van der Waals surface area contributed by atoms with Gasteiger partial charge in [0.15, 0.2) is 0 Å². The molecule has 0 amide bonds. The fourth-order valence-electron chi connectivity index (χ4n) is 3.84. The molecule has 0 saturated carbocycles. The Hall–Kier alpha value is -3.70. The average Bonchev–Trinajstić information content (AvgIpc) is 2.95. The lowest BCUT2D eigenvalue weighted by molar-refractivity contribution is 0.249. The van der Waals surface area contributed by atoms with E-state index in [0.717, 1.165) is 43.7 Å². The van der Waals surface area contributed by atoms with Crippen LogP contribution < -0.4 is 15.4 Å². The van der Waals surface area contributed by atoms with E-state index in [-0.39, 0.29) is 12.6 Å². The van der Waals surface area contributed by atoms with Gasteiger partial charge in [-0.1, -0.05) is 54.6 Å². The lowest BCUT2D eigenvalue weighted by Gasteiger charge is -2.17. The summed E-state index contributed by atoms with van der Waals surface area (Å²) in [5.41, 5.74) is 6.68. The first-order chi connectivity index (χ1) is 18.1. The number of aromatic nitrogens is 1. The summed E-state index contributed by atoms with van der Waals surface area (Å²) >= 11 is 3.80. The van der Waals surface area contributed by atoms with Crippen LogP contribution in [-0.4, -0.2) is 22.7 Å². The van der Waals surface area contributed by atoms with Crippen LogP contribution in [0.5, 0.6) is 5.75 Å². The summed E-state index contributed by atoms with van der Waals surface area (Å²) in [5.74, 6) is 0.724. The molecule has 3 aromatic carbocycles. The number of aliphatic hydroxyl groups is 1. The third-order valence-electron chi connectivity index (χ3n) is 5.95. The van der Waals surface area contributed by atoms with Crippen LogP contribution in [0.1, 0.15) is 29.2 Å². The Kier molecular flexibility index (Phi) is 9.28. The molecule has 6 nitrogen and oxygen atoms in total. The molecule has 188 valence electrons. The van der Waals surface area contributed by atoms with Gasteiger partial charge < -0.3 is 20.5 Å². The highest BCUT2D eigenvalue weighted by molar-refractivity contribution is 9.10. The molecular weight excluding hydrogens is 528 g/mol. The van der Waals surface area contributed by atoms with Gasteiger partial charge in [-0.25, -0.2) is 0 Å². The molecule has 7 heteroatoms. The van der Waals surface area contributed by atoms with Gasteiger partial charge in [0.2, 0.25) is 0 Å². The maximum Gasteiger partial charge on any atom is 0.126 e. The van der Waals surface area contributed by atoms with Crippen molar-refractivity contribution in [2.75, 3.05) is 11.9 Å². The van der Waals surface area contributed by atoms with Crippen LogP contribution in [0.25, 0.3) is 11.1 Å². The molecule has 0 saturated heterocycles. The number of nitrogens with one attached hydrogen (secondary N) is 2. The first-order valence-corrected chi connectivity index (χ1v) is 12.9. The van der Waals surface area contributed by atoms with E-state index in [1.807, 2.05) is 43.3 Å². The van der Waals surface area contributed by atoms with Crippen molar-refractivity contribution in [2.45, 2.75) is 32.7 Å². The number of anilines is 1. The second-order valence-electron chi connectivity index (χ2n) is 8.77. The quantitative estimate of drug-likeness (QED) is 0.208. The van der Waals surface area contributed by atoms with Crippen LogP contribution in [0.2, 0.25) is 0 Å². The van der Waals surface area contributed by atoms with E-state index in [0.29, 0.717) is 25.3 Å². The highest BCUT2D eigenvalue weighted by Gasteiger charge is 2.11. The average molecular weight is 557 g/mol. The van der Waals surface area contributed by atoms with Crippen molar-refractivity contribution in [2.24, 2.45) is 0 Å². The number of hydrogen-bond donors (Lipinski definition) is 3. The van der Waals surface area contributed by atoms with E-state index in [9.17, 15) is 5.11 Å². The molecular formula is C30H29BrN4O2. The summed E-state index contributed by atoms with van der Waals surface area (Å²) in [6, 6.07) is 26.5. The minimum absolute atomic E-state index is 0.0311. The molecule has 1 aromatic heterocycles. The van der Waals surface area contributed by atoms with Crippen LogP contribution >= 0.6 is 15.9 Å². The van der Waals surface area contributed by atoms with Gasteiger partial charge in [-0.3, -0.25) is 4.98 Å². The van der Waals surface area contributed by atoms with Gasteiger partial charge in [-0.05, 0) is 51.7 Å². The van der Waals surface area contributed by atoms with Gasteiger partial charge in [-0.15, -0.1) is 0 Å². The molecule has 4 aromatic rings. The van der Waals surface area contributed by atoms with Crippen molar-refractivity contribution in [1.29, 1.82) is 5.26 Å². The van der Waals surface area contributed by atoms with Crippen molar-refractivity contribution < 1.29 is 9.84 Å². The van der Waals surface area contributed by atoms with Gasteiger partial charge in [-0.2, -0.15) is 5.26 Å². The van der Waals surface area contributed by atoms with Crippen molar-refractivity contribution in [3.8, 4) is 22.9 Å². The molecule has 37 heavy (non-hydrogen) atoms. The molecule has 1 atom stereocenters. The summed E-state index contributed by atoms with van der Waals surface area (Å²) in [6.07, 6.45) is 3.23. The summed E-state index contributed by atoms with van der Waals surface area (Å²) in [6.45, 7) is 3.46. The smallest absolute Gasteiger partial charge is 0.126 e. The third kappa shape index (κ3) is 7.17. The molecule has 0 aliphatic carbocycles. The van der Waals surface area contributed by atoms with Crippen molar-refractivity contribution in [3.63, 3.8) is 0 Å². The monoisotopic (exact) mass is 556 g/mol. The summed E-state index contributed by atoms with van der Waals surface area (Å²) in [4.78, 5) is 4.12. The van der Waals surface area contributed by atoms with Crippen LogP contribution in [0.4, 0.5) is 5.69 Å². The van der Waals surface area contributed by atoms with Crippen molar-refractivity contribution >= 4 is 21.6 Å². The maximum absolute atomic E-state index is 9.38. The van der Waals surface area contributed by atoms with Crippen molar-refractivity contribution in [3.05, 3.63) is 112 Å². The first-order valence-electron chi connectivity index (χ1n) is 12.1. The molecule has 0 aliphatic heterocycles. The minimum atomic E-state index is -0.0311. The Balaban J connectivity index is 1.52. The number of halogens is 1. The first kappa shape index (κ1) is 26.4. The molecule has 1 unspecified atom stereocenters. The van der Waals surface area contributed by atoms with Gasteiger partial charge >= 0.3 is 0 Å². The third-order valence-corrected chi connectivity index (χ3v) is 6.88. The highest BCUT2D eigenvalue weighted by atomic mass is 79.9. The normalized spacial score (nSPS) is 11.5. The summed E-state index contributed by atoms with van der Waals surface area (Å²) < 4.78 is 7.24. The molecule has 0 bridgehead atoms. The predicted octanol–water partition coefficient (Wildman–Crippen LogP) is 6.04. The van der Waals surface area contributed by atoms with Gasteiger partial charge in [0.1, 0.15) is 18.4 Å². The zero-order valence-electron chi connectivity index (χ0n) is 20.6. The van der Waals surface area contributed by atoms with E-state index < -0.39 is 0 Å². The molecule has 0 fully saturated rings. The fourth-order valence-corrected chi connectivity index (χ4v) is 4.47. The largest absolute Gasteiger partial charge is 0.488 e. The summed E-state index contributed by atoms with van der Waals surface area (Å²) in [7, 11) is 0. The second-order valence-corrected chi connectivity index (χ2v) is 9.56. The number of aliphatic hydroxyl groups excluding tert-OH is 1. The highest BCUT2D eigenvalue weighted by Crippen LogP contribution is 2.32. The van der Waals surface area contributed by atoms with Gasteiger partial charge in [0, 0.05) is 58.9 Å². The Morgan fingerprint density at radius 3 is 2.62 bits per heavy atom. The van der Waals surface area contributed by atoms with Crippen molar-refractivity contribution in [1.82, 2.24) is 10.3 Å². The number of pyridine rings is 1. The Labute approximate surface area is 226 Å². The van der Waals surface area contributed by atoms with E-state index >= 15 is 0 Å². The molecule has 0 aliphatic rings. The molecule has 1 heterocycles. The second kappa shape index (κ2) is 13.0. The maximum atomic E-state index is 9.38. The van der Waals surface area contributed by atoms with E-state index in [1.165, 1.54) is 6.20 Å².